The first-order chi connectivity index (χ1) is 11.8. The Hall–Kier alpha value is -2.35. The number of furan rings is 1. The van der Waals surface area contributed by atoms with E-state index in [4.69, 9.17) is 8.94 Å². The van der Waals surface area contributed by atoms with Gasteiger partial charge in [0.1, 0.15) is 5.76 Å². The lowest BCUT2D eigenvalue weighted by Gasteiger charge is -2.06. The van der Waals surface area contributed by atoms with Crippen molar-refractivity contribution in [2.45, 2.75) is 43.1 Å². The molecule has 0 unspecified atom stereocenters. The van der Waals surface area contributed by atoms with E-state index in [-0.39, 0.29) is 0 Å². The monoisotopic (exact) mass is 343 g/mol. The van der Waals surface area contributed by atoms with E-state index >= 15 is 0 Å². The van der Waals surface area contributed by atoms with E-state index in [9.17, 15) is 0 Å². The molecule has 4 rings (SSSR count). The summed E-state index contributed by atoms with van der Waals surface area (Å²) >= 11 is 1.54. The molecule has 7 nitrogen and oxygen atoms in total. The topological polar surface area (TPSA) is 82.8 Å². The minimum absolute atomic E-state index is 0.469. The third-order valence-electron chi connectivity index (χ3n) is 3.87. The van der Waals surface area contributed by atoms with Gasteiger partial charge in [-0.05, 0) is 25.8 Å². The van der Waals surface area contributed by atoms with Gasteiger partial charge >= 0.3 is 0 Å². The van der Waals surface area contributed by atoms with Crippen LogP contribution in [-0.4, -0.2) is 24.9 Å². The molecule has 124 valence electrons. The van der Waals surface area contributed by atoms with Crippen LogP contribution in [0.5, 0.6) is 0 Å². The average Bonchev–Trinajstić information content (AvgIpc) is 2.99. The fraction of sp³-hybridized carbons (Fsp3) is 0.375. The number of aryl methyl sites for hydroxylation is 1. The highest BCUT2D eigenvalue weighted by Gasteiger charge is 2.29. The number of nitrogens with zero attached hydrogens (tertiary/aromatic N) is 5. The average molecular weight is 343 g/mol. The molecule has 0 atom stereocenters. The van der Waals surface area contributed by atoms with Crippen LogP contribution >= 0.6 is 11.8 Å². The van der Waals surface area contributed by atoms with E-state index in [0.717, 1.165) is 41.0 Å². The molecule has 1 fully saturated rings. The van der Waals surface area contributed by atoms with Crippen LogP contribution in [0.15, 0.2) is 39.1 Å². The van der Waals surface area contributed by atoms with Crippen molar-refractivity contribution < 1.29 is 8.94 Å². The molecule has 24 heavy (non-hydrogen) atoms. The first-order valence-electron chi connectivity index (χ1n) is 7.80. The maximum Gasteiger partial charge on any atom is 0.229 e. The van der Waals surface area contributed by atoms with Crippen molar-refractivity contribution in [3.8, 4) is 11.4 Å². The first-order valence-corrected chi connectivity index (χ1v) is 8.78. The van der Waals surface area contributed by atoms with Gasteiger partial charge in [0.25, 0.3) is 0 Å². The van der Waals surface area contributed by atoms with Crippen molar-refractivity contribution in [2.75, 3.05) is 0 Å². The van der Waals surface area contributed by atoms with Crippen molar-refractivity contribution in [1.29, 1.82) is 0 Å². The van der Waals surface area contributed by atoms with Gasteiger partial charge < -0.3 is 8.94 Å². The Labute approximate surface area is 143 Å². The second-order valence-electron chi connectivity index (χ2n) is 5.71. The summed E-state index contributed by atoms with van der Waals surface area (Å²) < 4.78 is 12.7. The molecule has 0 radical (unpaired) electrons. The van der Waals surface area contributed by atoms with Crippen LogP contribution in [0.2, 0.25) is 0 Å². The molecule has 1 aliphatic carbocycles. The van der Waals surface area contributed by atoms with Crippen LogP contribution in [0, 0.1) is 6.92 Å². The van der Waals surface area contributed by atoms with Crippen LogP contribution in [0.25, 0.3) is 11.4 Å². The fourth-order valence-electron chi connectivity index (χ4n) is 2.46. The van der Waals surface area contributed by atoms with Crippen LogP contribution in [0.3, 0.4) is 0 Å². The third kappa shape index (κ3) is 2.89. The van der Waals surface area contributed by atoms with Crippen LogP contribution in [0.4, 0.5) is 0 Å². The molecular weight excluding hydrogens is 326 g/mol. The molecule has 0 N–H and O–H groups in total. The third-order valence-corrected chi connectivity index (χ3v) is 4.83. The quantitative estimate of drug-likeness (QED) is 0.479. The highest BCUT2D eigenvalue weighted by atomic mass is 32.2. The molecule has 1 aliphatic rings. The predicted octanol–water partition coefficient (Wildman–Crippen LogP) is 3.59. The second-order valence-corrected chi connectivity index (χ2v) is 6.65. The standard InChI is InChI=1S/C16H17N5O2S/c1-3-7-21-14(12-6-8-22-10(12)2)18-19-16(21)24-9-13-17-15(23-20-13)11-4-5-11/h3,6,8,11H,1,4-5,7,9H2,2H3. The number of rotatable bonds is 7. The minimum atomic E-state index is 0.469. The molecule has 0 aliphatic heterocycles. The molecule has 0 bridgehead atoms. The van der Waals surface area contributed by atoms with Crippen molar-refractivity contribution in [3.63, 3.8) is 0 Å². The zero-order chi connectivity index (χ0) is 16.5. The SMILES string of the molecule is C=CCn1c(SCc2noc(C3CC3)n2)nnc1-c1ccoc1C. The summed E-state index contributed by atoms with van der Waals surface area (Å²) in [5, 5.41) is 13.4. The summed E-state index contributed by atoms with van der Waals surface area (Å²) in [4.78, 5) is 4.44. The van der Waals surface area contributed by atoms with Gasteiger partial charge in [0.2, 0.25) is 5.89 Å². The molecule has 0 saturated heterocycles. The summed E-state index contributed by atoms with van der Waals surface area (Å²) in [6, 6.07) is 1.90. The van der Waals surface area contributed by atoms with Crippen molar-refractivity contribution in [2.24, 2.45) is 0 Å². The molecular formula is C16H17N5O2S. The molecule has 1 saturated carbocycles. The van der Waals surface area contributed by atoms with Gasteiger partial charge in [0, 0.05) is 12.5 Å². The minimum Gasteiger partial charge on any atom is -0.469 e. The maximum atomic E-state index is 5.38. The Balaban J connectivity index is 1.54. The smallest absolute Gasteiger partial charge is 0.229 e. The van der Waals surface area contributed by atoms with Gasteiger partial charge in [-0.2, -0.15) is 4.98 Å². The number of allylic oxidation sites excluding steroid dienone is 1. The Kier molecular flexibility index (Phi) is 3.97. The fourth-order valence-corrected chi connectivity index (χ4v) is 3.25. The largest absolute Gasteiger partial charge is 0.469 e. The van der Waals surface area contributed by atoms with Gasteiger partial charge in [-0.3, -0.25) is 4.57 Å². The van der Waals surface area contributed by atoms with Crippen molar-refractivity contribution in [1.82, 2.24) is 24.9 Å². The lowest BCUT2D eigenvalue weighted by Crippen LogP contribution is -2.01. The Morgan fingerprint density at radius 3 is 3.00 bits per heavy atom. The lowest BCUT2D eigenvalue weighted by molar-refractivity contribution is 0.375. The summed E-state index contributed by atoms with van der Waals surface area (Å²) in [7, 11) is 0. The molecule has 0 aromatic carbocycles. The number of aromatic nitrogens is 5. The molecule has 3 heterocycles. The summed E-state index contributed by atoms with van der Waals surface area (Å²) in [6.45, 7) is 6.35. The van der Waals surface area contributed by atoms with E-state index in [2.05, 4.69) is 26.9 Å². The maximum absolute atomic E-state index is 5.38. The molecule has 0 amide bonds. The van der Waals surface area contributed by atoms with Crippen LogP contribution in [0.1, 0.15) is 36.2 Å². The van der Waals surface area contributed by atoms with Crippen LogP contribution < -0.4 is 0 Å². The normalized spacial score (nSPS) is 14.2. The Morgan fingerprint density at radius 1 is 1.42 bits per heavy atom. The summed E-state index contributed by atoms with van der Waals surface area (Å²) in [5.74, 6) is 4.10. The van der Waals surface area contributed by atoms with Gasteiger partial charge in [-0.1, -0.05) is 23.0 Å². The summed E-state index contributed by atoms with van der Waals surface area (Å²) in [5.41, 5.74) is 0.937. The first kappa shape index (κ1) is 15.2. The van der Waals surface area contributed by atoms with Crippen LogP contribution in [-0.2, 0) is 12.3 Å². The Bertz CT molecular complexity index is 862. The van der Waals surface area contributed by atoms with E-state index in [1.54, 1.807) is 6.26 Å². The van der Waals surface area contributed by atoms with E-state index in [0.29, 0.717) is 24.0 Å². The highest BCUT2D eigenvalue weighted by Crippen LogP contribution is 2.39. The van der Waals surface area contributed by atoms with E-state index in [1.807, 2.05) is 23.6 Å². The number of thioether (sulfide) groups is 1. The van der Waals surface area contributed by atoms with Gasteiger partial charge in [0.05, 0.1) is 17.6 Å². The van der Waals surface area contributed by atoms with E-state index in [1.165, 1.54) is 11.8 Å². The lowest BCUT2D eigenvalue weighted by atomic mass is 10.2. The molecule has 0 spiro atoms. The molecule has 8 heteroatoms. The molecule has 3 aromatic heterocycles. The van der Waals surface area contributed by atoms with Gasteiger partial charge in [-0.15, -0.1) is 16.8 Å². The molecule has 3 aromatic rings. The zero-order valence-corrected chi connectivity index (χ0v) is 14.1. The Morgan fingerprint density at radius 2 is 2.29 bits per heavy atom. The predicted molar refractivity (Wildman–Crippen MR) is 88.5 cm³/mol. The van der Waals surface area contributed by atoms with E-state index < -0.39 is 0 Å². The zero-order valence-electron chi connectivity index (χ0n) is 13.3. The highest BCUT2D eigenvalue weighted by molar-refractivity contribution is 7.98. The van der Waals surface area contributed by atoms with Crippen molar-refractivity contribution in [3.05, 3.63) is 42.5 Å². The summed E-state index contributed by atoms with van der Waals surface area (Å²) in [6.07, 6.45) is 5.78. The van der Waals surface area contributed by atoms with Gasteiger partial charge in [0.15, 0.2) is 16.8 Å². The second kappa shape index (κ2) is 6.27. The number of hydrogen-bond donors (Lipinski definition) is 0. The number of hydrogen-bond acceptors (Lipinski definition) is 7. The van der Waals surface area contributed by atoms with Gasteiger partial charge in [-0.25, -0.2) is 0 Å². The van der Waals surface area contributed by atoms with Crippen molar-refractivity contribution >= 4 is 11.8 Å².